The van der Waals surface area contributed by atoms with Crippen molar-refractivity contribution < 1.29 is 9.47 Å². The summed E-state index contributed by atoms with van der Waals surface area (Å²) in [5.74, 6) is 1.63. The molecule has 1 aliphatic rings. The minimum atomic E-state index is 0.495. The Morgan fingerprint density at radius 1 is 1.03 bits per heavy atom. The molecule has 0 saturated heterocycles. The number of aromatic nitrogens is 2. The zero-order valence-corrected chi connectivity index (χ0v) is 21.5. The molecule has 0 bridgehead atoms. The zero-order chi connectivity index (χ0) is 21.6. The Labute approximate surface area is 212 Å². The van der Waals surface area contributed by atoms with Crippen LogP contribution in [-0.4, -0.2) is 23.2 Å². The lowest BCUT2D eigenvalue weighted by Gasteiger charge is -2.06. The van der Waals surface area contributed by atoms with Crippen molar-refractivity contribution in [2.24, 2.45) is 0 Å². The first-order valence-electron chi connectivity index (χ1n) is 9.42. The van der Waals surface area contributed by atoms with Gasteiger partial charge in [-0.1, -0.05) is 23.2 Å². The molecule has 5 rings (SSSR count). The highest BCUT2D eigenvalue weighted by molar-refractivity contribution is 14.1. The third kappa shape index (κ3) is 6.10. The van der Waals surface area contributed by atoms with E-state index in [1.807, 2.05) is 12.1 Å². The van der Waals surface area contributed by atoms with Gasteiger partial charge in [0.05, 0.1) is 18.1 Å². The van der Waals surface area contributed by atoms with Crippen LogP contribution in [0.2, 0.25) is 10.3 Å². The molecular formula is C22H17Cl2IN2O2S2. The highest BCUT2D eigenvalue weighted by Gasteiger charge is 2.18. The molecule has 0 atom stereocenters. The first kappa shape index (κ1) is 22.8. The zero-order valence-electron chi connectivity index (χ0n) is 16.2. The highest BCUT2D eigenvalue weighted by atomic mass is 127. The standard InChI is InChI=1S/C11H9ClINOS.C11H8ClNOS/c12-10-2-1-9(11(13)14-10)15-5-3-8-4-6-16-7-8;12-9-2-1-8-10(13-9)11-7(3-5-14-8)4-6-15-11/h1-2,4,6-7H,3,5H2;1-2,4,6H,3,5H2. The number of hydrogen-bond acceptors (Lipinski definition) is 6. The molecule has 4 aromatic heterocycles. The van der Waals surface area contributed by atoms with Crippen LogP contribution in [0.25, 0.3) is 10.6 Å². The van der Waals surface area contributed by atoms with E-state index in [2.05, 4.69) is 60.8 Å². The third-order valence-corrected chi connectivity index (χ3v) is 7.31. The first-order chi connectivity index (χ1) is 15.1. The van der Waals surface area contributed by atoms with E-state index in [1.54, 1.807) is 34.8 Å². The molecule has 5 heterocycles. The molecule has 31 heavy (non-hydrogen) atoms. The SMILES string of the molecule is Clc1ccc(OCCc2ccsc2)c(I)n1.Clc1ccc2c(n1)-c1sccc1CCO2. The van der Waals surface area contributed by atoms with E-state index in [0.29, 0.717) is 23.5 Å². The molecule has 0 amide bonds. The summed E-state index contributed by atoms with van der Waals surface area (Å²) in [5, 5.41) is 7.30. The minimum Gasteiger partial charge on any atom is -0.491 e. The number of fused-ring (bicyclic) bond motifs is 3. The maximum absolute atomic E-state index is 5.90. The van der Waals surface area contributed by atoms with E-state index in [-0.39, 0.29) is 0 Å². The summed E-state index contributed by atoms with van der Waals surface area (Å²) in [5.41, 5.74) is 3.49. The van der Waals surface area contributed by atoms with Crippen LogP contribution in [-0.2, 0) is 12.8 Å². The smallest absolute Gasteiger partial charge is 0.151 e. The van der Waals surface area contributed by atoms with Gasteiger partial charge in [0.15, 0.2) is 5.75 Å². The molecule has 0 spiro atoms. The number of hydrogen-bond donors (Lipinski definition) is 0. The second kappa shape index (κ2) is 11.0. The Kier molecular flexibility index (Phi) is 8.06. The molecule has 0 aliphatic carbocycles. The maximum atomic E-state index is 5.90. The van der Waals surface area contributed by atoms with E-state index in [1.165, 1.54) is 16.0 Å². The number of halogens is 3. The van der Waals surface area contributed by atoms with E-state index in [0.717, 1.165) is 33.7 Å². The minimum absolute atomic E-state index is 0.495. The number of nitrogens with zero attached hydrogens (tertiary/aromatic N) is 2. The van der Waals surface area contributed by atoms with Crippen molar-refractivity contribution in [2.45, 2.75) is 12.8 Å². The van der Waals surface area contributed by atoms with Gasteiger partial charge in [-0.05, 0) is 86.3 Å². The number of pyridine rings is 2. The lowest BCUT2D eigenvalue weighted by molar-refractivity contribution is 0.318. The molecule has 4 nitrogen and oxygen atoms in total. The van der Waals surface area contributed by atoms with Crippen molar-refractivity contribution in [1.29, 1.82) is 0 Å². The summed E-state index contributed by atoms with van der Waals surface area (Å²) in [6.45, 7) is 1.37. The Bertz CT molecular complexity index is 1150. The lowest BCUT2D eigenvalue weighted by Crippen LogP contribution is -2.02. The molecular weight excluding hydrogens is 586 g/mol. The fraction of sp³-hybridized carbons (Fsp3) is 0.182. The van der Waals surface area contributed by atoms with Crippen molar-refractivity contribution >= 4 is 68.5 Å². The van der Waals surface area contributed by atoms with Crippen molar-refractivity contribution in [3.05, 3.63) is 77.7 Å². The van der Waals surface area contributed by atoms with Crippen molar-refractivity contribution in [1.82, 2.24) is 9.97 Å². The van der Waals surface area contributed by atoms with Crippen LogP contribution in [0.4, 0.5) is 0 Å². The van der Waals surface area contributed by atoms with Crippen molar-refractivity contribution in [3.8, 4) is 22.1 Å². The van der Waals surface area contributed by atoms with Crippen LogP contribution >= 0.6 is 68.5 Å². The molecule has 0 aromatic carbocycles. The molecule has 160 valence electrons. The van der Waals surface area contributed by atoms with Gasteiger partial charge in [-0.25, -0.2) is 9.97 Å². The van der Waals surface area contributed by atoms with Gasteiger partial charge < -0.3 is 9.47 Å². The normalized spacial score (nSPS) is 12.0. The second-order valence-electron chi connectivity index (χ2n) is 6.51. The topological polar surface area (TPSA) is 44.2 Å². The number of rotatable bonds is 4. The first-order valence-corrected chi connectivity index (χ1v) is 13.1. The summed E-state index contributed by atoms with van der Waals surface area (Å²) < 4.78 is 12.1. The predicted molar refractivity (Wildman–Crippen MR) is 137 cm³/mol. The van der Waals surface area contributed by atoms with Crippen LogP contribution in [0.5, 0.6) is 11.5 Å². The van der Waals surface area contributed by atoms with E-state index < -0.39 is 0 Å². The monoisotopic (exact) mass is 602 g/mol. The van der Waals surface area contributed by atoms with Crippen LogP contribution in [0.15, 0.2) is 52.5 Å². The molecule has 9 heteroatoms. The van der Waals surface area contributed by atoms with E-state index in [4.69, 9.17) is 32.7 Å². The second-order valence-corrected chi connectivity index (χ2v) is 10.00. The number of thiophene rings is 2. The highest BCUT2D eigenvalue weighted by Crippen LogP contribution is 2.38. The molecule has 0 fully saturated rings. The predicted octanol–water partition coefficient (Wildman–Crippen LogP) is 7.42. The van der Waals surface area contributed by atoms with Gasteiger partial charge in [-0.2, -0.15) is 11.3 Å². The van der Waals surface area contributed by atoms with Crippen LogP contribution in [0.3, 0.4) is 0 Å². The van der Waals surface area contributed by atoms with E-state index >= 15 is 0 Å². The van der Waals surface area contributed by atoms with Gasteiger partial charge in [-0.15, -0.1) is 11.3 Å². The summed E-state index contributed by atoms with van der Waals surface area (Å²) in [6, 6.07) is 11.5. The summed E-state index contributed by atoms with van der Waals surface area (Å²) in [6.07, 6.45) is 1.86. The average molecular weight is 603 g/mol. The largest absolute Gasteiger partial charge is 0.491 e. The van der Waals surface area contributed by atoms with Gasteiger partial charge in [0.25, 0.3) is 0 Å². The summed E-state index contributed by atoms with van der Waals surface area (Å²) in [4.78, 5) is 9.64. The Morgan fingerprint density at radius 2 is 1.87 bits per heavy atom. The van der Waals surface area contributed by atoms with Gasteiger partial charge in [0.2, 0.25) is 0 Å². The number of ether oxygens (including phenoxy) is 2. The Morgan fingerprint density at radius 3 is 2.68 bits per heavy atom. The average Bonchev–Trinajstić information content (AvgIpc) is 3.41. The van der Waals surface area contributed by atoms with Gasteiger partial charge in [-0.3, -0.25) is 0 Å². The van der Waals surface area contributed by atoms with Gasteiger partial charge >= 0.3 is 0 Å². The van der Waals surface area contributed by atoms with Crippen LogP contribution in [0.1, 0.15) is 11.1 Å². The molecule has 0 N–H and O–H groups in total. The van der Waals surface area contributed by atoms with Crippen molar-refractivity contribution in [2.75, 3.05) is 13.2 Å². The fourth-order valence-electron chi connectivity index (χ4n) is 2.93. The molecule has 4 aromatic rings. The summed E-state index contributed by atoms with van der Waals surface area (Å²) >= 11 is 17.2. The Balaban J connectivity index is 0.000000149. The lowest BCUT2D eigenvalue weighted by atomic mass is 10.1. The fourth-order valence-corrected chi connectivity index (χ4v) is 5.62. The van der Waals surface area contributed by atoms with Gasteiger partial charge in [0, 0.05) is 12.8 Å². The summed E-state index contributed by atoms with van der Waals surface area (Å²) in [7, 11) is 0. The molecule has 0 radical (unpaired) electrons. The maximum Gasteiger partial charge on any atom is 0.151 e. The van der Waals surface area contributed by atoms with Crippen molar-refractivity contribution in [3.63, 3.8) is 0 Å². The third-order valence-electron chi connectivity index (χ3n) is 4.42. The van der Waals surface area contributed by atoms with E-state index in [9.17, 15) is 0 Å². The molecule has 0 unspecified atom stereocenters. The van der Waals surface area contributed by atoms with Crippen LogP contribution in [0, 0.1) is 3.70 Å². The Hall–Kier alpha value is -1.39. The quantitative estimate of drug-likeness (QED) is 0.180. The van der Waals surface area contributed by atoms with Crippen LogP contribution < -0.4 is 9.47 Å². The molecule has 1 aliphatic heterocycles. The van der Waals surface area contributed by atoms with Gasteiger partial charge in [0.1, 0.15) is 25.5 Å². The molecule has 0 saturated carbocycles.